The van der Waals surface area contributed by atoms with E-state index in [1.165, 1.54) is 0 Å². The number of nitrogens with zero attached hydrogens (tertiary/aromatic N) is 2. The van der Waals surface area contributed by atoms with Crippen molar-refractivity contribution in [1.82, 2.24) is 9.88 Å². The van der Waals surface area contributed by atoms with E-state index in [4.69, 9.17) is 14.5 Å². The molecule has 0 unspecified atom stereocenters. The maximum atomic E-state index is 6.06. The van der Waals surface area contributed by atoms with Gasteiger partial charge in [0.25, 0.3) is 0 Å². The van der Waals surface area contributed by atoms with Crippen molar-refractivity contribution < 1.29 is 9.47 Å². The zero-order valence-electron chi connectivity index (χ0n) is 21.2. The van der Waals surface area contributed by atoms with Gasteiger partial charge in [0.1, 0.15) is 30.5 Å². The van der Waals surface area contributed by atoms with Crippen molar-refractivity contribution in [1.29, 1.82) is 0 Å². The first-order chi connectivity index (χ1) is 18.1. The summed E-state index contributed by atoms with van der Waals surface area (Å²) in [6.07, 6.45) is 0. The summed E-state index contributed by atoms with van der Waals surface area (Å²) in [6, 6.07) is 36.8. The second-order valence-corrected chi connectivity index (χ2v) is 9.18. The maximum Gasteiger partial charge on any atom is 0.138 e. The molecule has 4 aromatic carbocycles. The van der Waals surface area contributed by atoms with Gasteiger partial charge >= 0.3 is 0 Å². The molecule has 1 N–H and O–H groups in total. The molecule has 0 aliphatic rings. The molecule has 0 bridgehead atoms. The highest BCUT2D eigenvalue weighted by Crippen LogP contribution is 2.33. The molecule has 186 valence electrons. The van der Waals surface area contributed by atoms with Crippen LogP contribution in [-0.4, -0.2) is 37.1 Å². The Labute approximate surface area is 218 Å². The molecule has 5 aromatic rings. The molecule has 0 aliphatic carbocycles. The van der Waals surface area contributed by atoms with Crippen LogP contribution in [0.1, 0.15) is 5.56 Å². The molecule has 5 heteroatoms. The lowest BCUT2D eigenvalue weighted by atomic mass is 10.0. The van der Waals surface area contributed by atoms with E-state index in [2.05, 4.69) is 46.6 Å². The zero-order valence-corrected chi connectivity index (χ0v) is 21.2. The van der Waals surface area contributed by atoms with Crippen LogP contribution in [0.15, 0.2) is 109 Å². The predicted octanol–water partition coefficient (Wildman–Crippen LogP) is 7.16. The molecule has 5 nitrogen and oxygen atoms in total. The Morgan fingerprint density at radius 3 is 2.16 bits per heavy atom. The SMILES string of the molecule is CN(C)CCOc1ccc(Nc2nc3cc(OCc4ccccc4)ccc3cc2-c2ccccc2)cc1. The summed E-state index contributed by atoms with van der Waals surface area (Å²) < 4.78 is 11.9. The number of pyridine rings is 1. The average molecular weight is 490 g/mol. The number of fused-ring (bicyclic) bond motifs is 1. The van der Waals surface area contributed by atoms with Gasteiger partial charge in [0.05, 0.1) is 5.52 Å². The number of aromatic nitrogens is 1. The van der Waals surface area contributed by atoms with Crippen LogP contribution < -0.4 is 14.8 Å². The van der Waals surface area contributed by atoms with Crippen molar-refractivity contribution in [3.05, 3.63) is 115 Å². The Bertz CT molecular complexity index is 1440. The largest absolute Gasteiger partial charge is 0.492 e. The van der Waals surface area contributed by atoms with E-state index in [9.17, 15) is 0 Å². The normalized spacial score (nSPS) is 11.0. The van der Waals surface area contributed by atoms with Crippen molar-refractivity contribution in [3.63, 3.8) is 0 Å². The summed E-state index contributed by atoms with van der Waals surface area (Å²) in [5, 5.41) is 4.58. The summed E-state index contributed by atoms with van der Waals surface area (Å²) >= 11 is 0. The third-order valence-corrected chi connectivity index (χ3v) is 6.05. The zero-order chi connectivity index (χ0) is 25.5. The van der Waals surface area contributed by atoms with Gasteiger partial charge in [-0.1, -0.05) is 60.7 Å². The standard InChI is InChI=1S/C32H31N3O2/c1-35(2)19-20-36-28-17-14-27(15-18-28)33-32-30(25-11-7-4-8-12-25)21-26-13-16-29(22-31(26)34-32)37-23-24-9-5-3-6-10-24/h3-18,21-22H,19-20,23H2,1-2H3,(H,33,34). The number of nitrogens with one attached hydrogen (secondary N) is 1. The number of hydrogen-bond acceptors (Lipinski definition) is 5. The molecule has 1 heterocycles. The second kappa shape index (κ2) is 11.6. The molecule has 0 aliphatic heterocycles. The van der Waals surface area contributed by atoms with Crippen LogP contribution in [0.4, 0.5) is 11.5 Å². The summed E-state index contributed by atoms with van der Waals surface area (Å²) in [7, 11) is 4.07. The number of hydrogen-bond donors (Lipinski definition) is 1. The molecular weight excluding hydrogens is 458 g/mol. The predicted molar refractivity (Wildman–Crippen MR) is 152 cm³/mol. The molecule has 37 heavy (non-hydrogen) atoms. The van der Waals surface area contributed by atoms with Gasteiger partial charge in [0.2, 0.25) is 0 Å². The fourth-order valence-corrected chi connectivity index (χ4v) is 4.03. The summed E-state index contributed by atoms with van der Waals surface area (Å²) in [4.78, 5) is 7.13. The minimum atomic E-state index is 0.516. The lowest BCUT2D eigenvalue weighted by molar-refractivity contribution is 0.261. The molecule has 0 fully saturated rings. The van der Waals surface area contributed by atoms with E-state index in [1.807, 2.05) is 86.9 Å². The molecule has 0 saturated carbocycles. The van der Waals surface area contributed by atoms with Crippen molar-refractivity contribution in [2.75, 3.05) is 32.6 Å². The van der Waals surface area contributed by atoms with E-state index >= 15 is 0 Å². The fourth-order valence-electron chi connectivity index (χ4n) is 4.03. The first-order valence-electron chi connectivity index (χ1n) is 12.5. The van der Waals surface area contributed by atoms with Crippen LogP contribution in [0.25, 0.3) is 22.0 Å². The average Bonchev–Trinajstić information content (AvgIpc) is 2.93. The van der Waals surface area contributed by atoms with Gasteiger partial charge in [-0.2, -0.15) is 0 Å². The number of anilines is 2. The van der Waals surface area contributed by atoms with Crippen molar-refractivity contribution in [2.24, 2.45) is 0 Å². The van der Waals surface area contributed by atoms with Gasteiger partial charge in [0.15, 0.2) is 0 Å². The monoisotopic (exact) mass is 489 g/mol. The highest BCUT2D eigenvalue weighted by Gasteiger charge is 2.11. The minimum Gasteiger partial charge on any atom is -0.492 e. The molecule has 0 atom stereocenters. The number of benzene rings is 4. The Morgan fingerprint density at radius 1 is 0.730 bits per heavy atom. The Hall–Kier alpha value is -4.35. The smallest absolute Gasteiger partial charge is 0.138 e. The van der Waals surface area contributed by atoms with E-state index in [0.29, 0.717) is 13.2 Å². The van der Waals surface area contributed by atoms with Crippen LogP contribution in [-0.2, 0) is 6.61 Å². The maximum absolute atomic E-state index is 6.06. The Morgan fingerprint density at radius 2 is 1.43 bits per heavy atom. The van der Waals surface area contributed by atoms with Gasteiger partial charge in [-0.05, 0) is 67.7 Å². The molecular formula is C32H31N3O2. The van der Waals surface area contributed by atoms with Gasteiger partial charge < -0.3 is 19.7 Å². The molecule has 0 amide bonds. The van der Waals surface area contributed by atoms with Gasteiger partial charge in [-0.25, -0.2) is 4.98 Å². The van der Waals surface area contributed by atoms with Crippen LogP contribution in [0.5, 0.6) is 11.5 Å². The third-order valence-electron chi connectivity index (χ3n) is 6.05. The molecule has 0 spiro atoms. The topological polar surface area (TPSA) is 46.6 Å². The summed E-state index contributed by atoms with van der Waals surface area (Å²) in [5.41, 5.74) is 5.09. The lowest BCUT2D eigenvalue weighted by Crippen LogP contribution is -2.19. The van der Waals surface area contributed by atoms with Crippen LogP contribution >= 0.6 is 0 Å². The Kier molecular flexibility index (Phi) is 7.63. The van der Waals surface area contributed by atoms with Crippen LogP contribution in [0, 0.1) is 0 Å². The summed E-state index contributed by atoms with van der Waals surface area (Å²) in [5.74, 6) is 2.43. The molecule has 0 radical (unpaired) electrons. The fraction of sp³-hybridized carbons (Fsp3) is 0.156. The van der Waals surface area contributed by atoms with Gasteiger partial charge in [0, 0.05) is 29.2 Å². The number of likely N-dealkylation sites (N-methyl/N-ethyl adjacent to an activating group) is 1. The van der Waals surface area contributed by atoms with Crippen LogP contribution in [0.3, 0.4) is 0 Å². The van der Waals surface area contributed by atoms with Crippen molar-refractivity contribution in [2.45, 2.75) is 6.61 Å². The third kappa shape index (κ3) is 6.46. The molecule has 0 saturated heterocycles. The molecule has 1 aromatic heterocycles. The van der Waals surface area contributed by atoms with E-state index in [-0.39, 0.29) is 0 Å². The van der Waals surface area contributed by atoms with E-state index in [1.54, 1.807) is 0 Å². The van der Waals surface area contributed by atoms with Crippen molar-refractivity contribution in [3.8, 4) is 22.6 Å². The second-order valence-electron chi connectivity index (χ2n) is 9.18. The quantitative estimate of drug-likeness (QED) is 0.225. The first-order valence-corrected chi connectivity index (χ1v) is 12.5. The number of ether oxygens (including phenoxy) is 2. The Balaban J connectivity index is 1.41. The highest BCUT2D eigenvalue weighted by molar-refractivity contribution is 5.91. The van der Waals surface area contributed by atoms with Crippen LogP contribution in [0.2, 0.25) is 0 Å². The number of rotatable bonds is 10. The first kappa shape index (κ1) is 24.3. The van der Waals surface area contributed by atoms with E-state index in [0.717, 1.165) is 57.1 Å². The van der Waals surface area contributed by atoms with Gasteiger partial charge in [-0.15, -0.1) is 0 Å². The molecule has 5 rings (SSSR count). The summed E-state index contributed by atoms with van der Waals surface area (Å²) in [6.45, 7) is 2.04. The minimum absolute atomic E-state index is 0.516. The van der Waals surface area contributed by atoms with E-state index < -0.39 is 0 Å². The highest BCUT2D eigenvalue weighted by atomic mass is 16.5. The van der Waals surface area contributed by atoms with Gasteiger partial charge in [-0.3, -0.25) is 0 Å². The van der Waals surface area contributed by atoms with Crippen molar-refractivity contribution >= 4 is 22.4 Å². The lowest BCUT2D eigenvalue weighted by Gasteiger charge is -2.15.